The highest BCUT2D eigenvalue weighted by Gasteiger charge is 2.30. The molecule has 2 aliphatic heterocycles. The fourth-order valence-corrected chi connectivity index (χ4v) is 4.68. The smallest absolute Gasteiger partial charge is 0.261 e. The van der Waals surface area contributed by atoms with Crippen molar-refractivity contribution in [3.63, 3.8) is 0 Å². The van der Waals surface area contributed by atoms with Gasteiger partial charge >= 0.3 is 0 Å². The summed E-state index contributed by atoms with van der Waals surface area (Å²) in [5, 5.41) is 5.20. The molecule has 1 atom stereocenters. The van der Waals surface area contributed by atoms with Gasteiger partial charge in [-0.25, -0.2) is 0 Å². The minimum atomic E-state index is 0.00539. The molecule has 1 aromatic heterocycles. The maximum atomic E-state index is 12.3. The Morgan fingerprint density at radius 2 is 1.96 bits per heavy atom. The molecular weight excluding hydrogens is 367 g/mol. The van der Waals surface area contributed by atoms with Gasteiger partial charge in [-0.05, 0) is 29.3 Å². The number of hydrogen-bond donors (Lipinski definition) is 1. The SMILES string of the molecule is O=C1NC[C@@H](c2ccc(Cl)c(Cl)c2)c2cc(N3CCOCC3)sc21. The van der Waals surface area contributed by atoms with Crippen molar-refractivity contribution < 1.29 is 9.53 Å². The molecule has 0 unspecified atom stereocenters. The molecule has 126 valence electrons. The van der Waals surface area contributed by atoms with Crippen LogP contribution in [0.15, 0.2) is 24.3 Å². The molecule has 24 heavy (non-hydrogen) atoms. The number of nitrogens with one attached hydrogen (secondary N) is 1. The van der Waals surface area contributed by atoms with Crippen LogP contribution < -0.4 is 10.2 Å². The maximum absolute atomic E-state index is 12.3. The van der Waals surface area contributed by atoms with Gasteiger partial charge in [-0.15, -0.1) is 11.3 Å². The predicted molar refractivity (Wildman–Crippen MR) is 98.0 cm³/mol. The molecule has 0 saturated carbocycles. The van der Waals surface area contributed by atoms with E-state index in [1.807, 2.05) is 18.2 Å². The van der Waals surface area contributed by atoms with Crippen molar-refractivity contribution in [2.75, 3.05) is 37.7 Å². The van der Waals surface area contributed by atoms with Crippen LogP contribution in [-0.2, 0) is 4.74 Å². The first kappa shape index (κ1) is 16.2. The standard InChI is InChI=1S/C17H16Cl2N2O2S/c18-13-2-1-10(7-14(13)19)12-9-20-17(22)16-11(12)8-15(24-16)21-3-5-23-6-4-21/h1-2,7-8,12H,3-6,9H2,(H,20,22)/t12-/m0/s1. The quantitative estimate of drug-likeness (QED) is 0.859. The van der Waals surface area contributed by atoms with Gasteiger partial charge in [0.05, 0.1) is 33.1 Å². The second-order valence-electron chi connectivity index (χ2n) is 5.90. The van der Waals surface area contributed by atoms with Crippen molar-refractivity contribution in [3.8, 4) is 0 Å². The number of fused-ring (bicyclic) bond motifs is 1. The average molecular weight is 383 g/mol. The zero-order valence-corrected chi connectivity index (χ0v) is 15.2. The molecular formula is C17H16Cl2N2O2S. The molecule has 4 nitrogen and oxygen atoms in total. The van der Waals surface area contributed by atoms with Crippen molar-refractivity contribution in [3.05, 3.63) is 50.3 Å². The third kappa shape index (κ3) is 2.90. The molecule has 1 fully saturated rings. The van der Waals surface area contributed by atoms with Gasteiger partial charge in [0.1, 0.15) is 0 Å². The first-order valence-electron chi connectivity index (χ1n) is 7.83. The second kappa shape index (κ2) is 6.56. The lowest BCUT2D eigenvalue weighted by Gasteiger charge is -2.27. The molecule has 0 spiro atoms. The summed E-state index contributed by atoms with van der Waals surface area (Å²) >= 11 is 13.8. The van der Waals surface area contributed by atoms with E-state index in [1.54, 1.807) is 11.3 Å². The maximum Gasteiger partial charge on any atom is 0.261 e. The van der Waals surface area contributed by atoms with E-state index in [4.69, 9.17) is 27.9 Å². The molecule has 2 aliphatic rings. The number of carbonyl (C=O) groups excluding carboxylic acids is 1. The topological polar surface area (TPSA) is 41.6 Å². The summed E-state index contributed by atoms with van der Waals surface area (Å²) in [7, 11) is 0. The molecule has 2 aromatic rings. The summed E-state index contributed by atoms with van der Waals surface area (Å²) in [6.45, 7) is 3.75. The summed E-state index contributed by atoms with van der Waals surface area (Å²) in [6.07, 6.45) is 0. The van der Waals surface area contributed by atoms with Crippen molar-refractivity contribution in [1.82, 2.24) is 5.32 Å². The van der Waals surface area contributed by atoms with E-state index in [9.17, 15) is 4.79 Å². The predicted octanol–water partition coefficient (Wildman–Crippen LogP) is 3.77. The first-order chi connectivity index (χ1) is 11.6. The van der Waals surface area contributed by atoms with Gasteiger partial charge in [-0.3, -0.25) is 4.79 Å². The van der Waals surface area contributed by atoms with Crippen LogP contribution in [0.25, 0.3) is 0 Å². The van der Waals surface area contributed by atoms with Crippen LogP contribution in [-0.4, -0.2) is 38.8 Å². The first-order valence-corrected chi connectivity index (χ1v) is 9.40. The lowest BCUT2D eigenvalue weighted by atomic mass is 9.89. The lowest BCUT2D eigenvalue weighted by molar-refractivity contribution is 0.0947. The number of anilines is 1. The Kier molecular flexibility index (Phi) is 4.43. The average Bonchev–Trinajstić information content (AvgIpc) is 3.05. The number of carbonyl (C=O) groups is 1. The fraction of sp³-hybridized carbons (Fsp3) is 0.353. The zero-order chi connectivity index (χ0) is 16.7. The van der Waals surface area contributed by atoms with E-state index in [-0.39, 0.29) is 11.8 Å². The molecule has 1 aromatic carbocycles. The molecule has 7 heteroatoms. The van der Waals surface area contributed by atoms with Crippen LogP contribution in [0.3, 0.4) is 0 Å². The van der Waals surface area contributed by atoms with Gasteiger partial charge in [0.2, 0.25) is 0 Å². The highest BCUT2D eigenvalue weighted by Crippen LogP contribution is 2.40. The van der Waals surface area contributed by atoms with E-state index < -0.39 is 0 Å². The Balaban J connectivity index is 1.72. The van der Waals surface area contributed by atoms with E-state index >= 15 is 0 Å². The monoisotopic (exact) mass is 382 g/mol. The molecule has 1 amide bonds. The molecule has 0 bridgehead atoms. The van der Waals surface area contributed by atoms with E-state index in [1.165, 1.54) is 0 Å². The Labute approximate surface area is 154 Å². The normalized spacial score (nSPS) is 20.7. The molecule has 1 saturated heterocycles. The third-order valence-electron chi connectivity index (χ3n) is 4.46. The molecule has 1 N–H and O–H groups in total. The number of hydrogen-bond acceptors (Lipinski definition) is 4. The molecule has 0 aliphatic carbocycles. The highest BCUT2D eigenvalue weighted by atomic mass is 35.5. The minimum Gasteiger partial charge on any atom is -0.378 e. The largest absolute Gasteiger partial charge is 0.378 e. The van der Waals surface area contributed by atoms with Crippen LogP contribution >= 0.6 is 34.5 Å². The third-order valence-corrected chi connectivity index (χ3v) is 6.41. The van der Waals surface area contributed by atoms with Gasteiger partial charge in [-0.2, -0.15) is 0 Å². The zero-order valence-electron chi connectivity index (χ0n) is 12.9. The molecule has 3 heterocycles. The van der Waals surface area contributed by atoms with Crippen LogP contribution in [0, 0.1) is 0 Å². The number of benzene rings is 1. The summed E-state index contributed by atoms with van der Waals surface area (Å²) in [5.41, 5.74) is 2.14. The van der Waals surface area contributed by atoms with Crippen molar-refractivity contribution in [1.29, 1.82) is 0 Å². The van der Waals surface area contributed by atoms with Gasteiger partial charge in [0.25, 0.3) is 5.91 Å². The van der Waals surface area contributed by atoms with Crippen LogP contribution in [0.5, 0.6) is 0 Å². The van der Waals surface area contributed by atoms with E-state index in [2.05, 4.69) is 16.3 Å². The van der Waals surface area contributed by atoms with Gasteiger partial charge in [0, 0.05) is 25.6 Å². The van der Waals surface area contributed by atoms with Gasteiger partial charge in [-0.1, -0.05) is 29.3 Å². The molecule has 4 rings (SSSR count). The number of rotatable bonds is 2. The fourth-order valence-electron chi connectivity index (χ4n) is 3.18. The van der Waals surface area contributed by atoms with Crippen LogP contribution in [0.1, 0.15) is 26.7 Å². The number of morpholine rings is 1. The van der Waals surface area contributed by atoms with Gasteiger partial charge in [0.15, 0.2) is 0 Å². The second-order valence-corrected chi connectivity index (χ2v) is 7.75. The Bertz CT molecular complexity index is 787. The Hall–Kier alpha value is -1.27. The van der Waals surface area contributed by atoms with E-state index in [0.29, 0.717) is 16.6 Å². The summed E-state index contributed by atoms with van der Waals surface area (Å²) in [5.74, 6) is 0.101. The Morgan fingerprint density at radius 1 is 1.17 bits per heavy atom. The van der Waals surface area contributed by atoms with Crippen molar-refractivity contribution in [2.45, 2.75) is 5.92 Å². The number of nitrogens with zero attached hydrogens (tertiary/aromatic N) is 1. The number of ether oxygens (including phenoxy) is 1. The van der Waals surface area contributed by atoms with Gasteiger partial charge < -0.3 is 15.0 Å². The lowest BCUT2D eigenvalue weighted by Crippen LogP contribution is -2.35. The van der Waals surface area contributed by atoms with E-state index in [0.717, 1.165) is 47.3 Å². The van der Waals surface area contributed by atoms with Crippen LogP contribution in [0.2, 0.25) is 10.0 Å². The summed E-state index contributed by atoms with van der Waals surface area (Å²) < 4.78 is 5.42. The minimum absolute atomic E-state index is 0.00539. The van der Waals surface area contributed by atoms with Crippen molar-refractivity contribution in [2.24, 2.45) is 0 Å². The van der Waals surface area contributed by atoms with Crippen molar-refractivity contribution >= 4 is 45.4 Å². The molecule has 0 radical (unpaired) electrons. The highest BCUT2D eigenvalue weighted by molar-refractivity contribution is 7.18. The Morgan fingerprint density at radius 3 is 2.71 bits per heavy atom. The van der Waals surface area contributed by atoms with Crippen LogP contribution in [0.4, 0.5) is 5.00 Å². The summed E-state index contributed by atoms with van der Waals surface area (Å²) in [6, 6.07) is 7.83. The number of halogens is 2. The number of amides is 1. The number of thiophene rings is 1. The summed E-state index contributed by atoms with van der Waals surface area (Å²) in [4.78, 5) is 15.4.